The molecule has 9 nitrogen and oxygen atoms in total. The average molecular weight is 832 g/mol. The van der Waals surface area contributed by atoms with Gasteiger partial charge in [0, 0.05) is 11.2 Å². The van der Waals surface area contributed by atoms with E-state index in [0.717, 1.165) is 38.3 Å². The van der Waals surface area contributed by atoms with Gasteiger partial charge in [0.15, 0.2) is 0 Å². The summed E-state index contributed by atoms with van der Waals surface area (Å²) in [7, 11) is 0. The lowest BCUT2D eigenvalue weighted by atomic mass is 9.82. The molecule has 0 radical (unpaired) electrons. The minimum atomic E-state index is -2.15. The van der Waals surface area contributed by atoms with Crippen molar-refractivity contribution in [3.05, 3.63) is 201 Å². The summed E-state index contributed by atoms with van der Waals surface area (Å²) in [5.41, 5.74) is 2.96. The van der Waals surface area contributed by atoms with Gasteiger partial charge in [-0.25, -0.2) is 4.79 Å². The second-order valence-electron chi connectivity index (χ2n) is 14.2. The van der Waals surface area contributed by atoms with E-state index in [-0.39, 0.29) is 24.5 Å². The number of nitrogens with zero attached hydrogens (tertiary/aromatic N) is 1. The van der Waals surface area contributed by atoms with Crippen molar-refractivity contribution in [2.45, 2.75) is 63.2 Å². The van der Waals surface area contributed by atoms with Crippen LogP contribution in [0.5, 0.6) is 5.75 Å². The topological polar surface area (TPSA) is 97.6 Å². The van der Waals surface area contributed by atoms with Gasteiger partial charge in [-0.05, 0) is 77.1 Å². The standard InChI is InChI=1S/C48H46ClNO8S/c1-2-53-40-24-21-34(22-25-40)28-39-29-38(23-26-41(39)49)43-44(54-30-35-14-6-3-7-15-35)45(55-31-36-16-8-4-9-17-36)46(56-32-37-18-10-5-11-19-37)48(33-51,57-43)47(52)58-50-27-13-12-20-42(50)59/h3-27,29,43-46,51H,2,28,30-33H2,1H3/t43-,44?,45+,46+,48-/m0/s1. The minimum Gasteiger partial charge on any atom is -0.494 e. The molecule has 5 aromatic carbocycles. The van der Waals surface area contributed by atoms with E-state index in [1.807, 2.05) is 134 Å². The number of carbonyl (C=O) groups excluding carboxylic acids is 1. The monoisotopic (exact) mass is 831 g/mol. The van der Waals surface area contributed by atoms with Gasteiger partial charge in [-0.3, -0.25) is 0 Å². The largest absolute Gasteiger partial charge is 0.494 e. The van der Waals surface area contributed by atoms with Gasteiger partial charge in [0.25, 0.3) is 0 Å². The number of aromatic nitrogens is 1. The molecule has 1 aliphatic rings. The van der Waals surface area contributed by atoms with E-state index in [9.17, 15) is 9.90 Å². The number of aliphatic hydroxyl groups is 1. The fourth-order valence-electron chi connectivity index (χ4n) is 7.12. The zero-order valence-corrected chi connectivity index (χ0v) is 34.2. The van der Waals surface area contributed by atoms with Gasteiger partial charge < -0.3 is 33.6 Å². The molecule has 7 rings (SSSR count). The molecular weight excluding hydrogens is 786 g/mol. The van der Waals surface area contributed by atoms with Crippen LogP contribution >= 0.6 is 23.8 Å². The molecule has 6 aromatic rings. The second-order valence-corrected chi connectivity index (χ2v) is 15.0. The molecule has 0 amide bonds. The van der Waals surface area contributed by atoms with Crippen molar-refractivity contribution >= 4 is 29.8 Å². The fraction of sp³-hybridized carbons (Fsp3) is 0.250. The summed E-state index contributed by atoms with van der Waals surface area (Å²) in [6.45, 7) is 2.06. The normalized spacial score (nSPS) is 20.2. The number of halogens is 1. The van der Waals surface area contributed by atoms with Crippen molar-refractivity contribution in [1.82, 2.24) is 4.73 Å². The third-order valence-electron chi connectivity index (χ3n) is 10.1. The van der Waals surface area contributed by atoms with Crippen LogP contribution in [0.3, 0.4) is 0 Å². The fourth-order valence-corrected chi connectivity index (χ4v) is 7.48. The first-order valence-electron chi connectivity index (χ1n) is 19.5. The third kappa shape index (κ3) is 10.4. The van der Waals surface area contributed by atoms with Crippen molar-refractivity contribution in [2.75, 3.05) is 13.2 Å². The SMILES string of the molecule is CCOc1ccc(Cc2cc([C@@H]3O[C@](CO)(C(=O)On4ccccc4=S)[C@H](OCc4ccccc4)[C@H](OCc4ccccc4)C3OCc3ccccc3)ccc2Cl)cc1. The van der Waals surface area contributed by atoms with Crippen LogP contribution < -0.4 is 9.57 Å². The number of pyridine rings is 1. The minimum absolute atomic E-state index is 0.0586. The van der Waals surface area contributed by atoms with E-state index >= 15 is 0 Å². The molecule has 304 valence electrons. The number of benzene rings is 5. The van der Waals surface area contributed by atoms with Crippen molar-refractivity contribution < 1.29 is 38.4 Å². The van der Waals surface area contributed by atoms with Crippen LogP contribution in [0.25, 0.3) is 0 Å². The van der Waals surface area contributed by atoms with Crippen LogP contribution in [-0.2, 0) is 50.0 Å². The lowest BCUT2D eigenvalue weighted by Gasteiger charge is -2.50. The van der Waals surface area contributed by atoms with Gasteiger partial charge in [0.05, 0.1) is 33.0 Å². The van der Waals surface area contributed by atoms with Crippen LogP contribution in [-0.4, -0.2) is 52.9 Å². The summed E-state index contributed by atoms with van der Waals surface area (Å²) in [6, 6.07) is 47.5. The molecule has 5 atom stereocenters. The Bertz CT molecular complexity index is 2310. The number of carbonyl (C=O) groups is 1. The van der Waals surface area contributed by atoms with Crippen molar-refractivity contribution in [3.8, 4) is 5.75 Å². The van der Waals surface area contributed by atoms with E-state index in [0.29, 0.717) is 23.6 Å². The number of rotatable bonds is 17. The van der Waals surface area contributed by atoms with Crippen LogP contribution in [0, 0.1) is 4.64 Å². The highest BCUT2D eigenvalue weighted by atomic mass is 35.5. The van der Waals surface area contributed by atoms with Crippen LogP contribution in [0.15, 0.2) is 158 Å². The smallest absolute Gasteiger partial charge is 0.369 e. The summed E-state index contributed by atoms with van der Waals surface area (Å²) in [5, 5.41) is 12.1. The maximum absolute atomic E-state index is 14.8. The molecule has 1 aromatic heterocycles. The summed E-state index contributed by atoms with van der Waals surface area (Å²) in [4.78, 5) is 20.8. The van der Waals surface area contributed by atoms with Gasteiger partial charge in [-0.15, -0.1) is 0 Å². The highest BCUT2D eigenvalue weighted by molar-refractivity contribution is 7.71. The third-order valence-corrected chi connectivity index (χ3v) is 10.8. The van der Waals surface area contributed by atoms with Crippen LogP contribution in [0.2, 0.25) is 5.02 Å². The molecule has 11 heteroatoms. The summed E-state index contributed by atoms with van der Waals surface area (Å²) in [6.07, 6.45) is -2.13. The Morgan fingerprint density at radius 1 is 0.729 bits per heavy atom. The molecule has 1 N–H and O–H groups in total. The molecule has 0 aliphatic carbocycles. The van der Waals surface area contributed by atoms with Gasteiger partial charge in [-0.2, -0.15) is 4.73 Å². The number of ether oxygens (including phenoxy) is 5. The average Bonchev–Trinajstić information content (AvgIpc) is 3.27. The van der Waals surface area contributed by atoms with Crippen LogP contribution in [0.4, 0.5) is 0 Å². The van der Waals surface area contributed by atoms with Gasteiger partial charge >= 0.3 is 5.97 Å². The lowest BCUT2D eigenvalue weighted by molar-refractivity contribution is -0.308. The molecule has 59 heavy (non-hydrogen) atoms. The predicted molar refractivity (Wildman–Crippen MR) is 227 cm³/mol. The molecule has 0 bridgehead atoms. The maximum atomic E-state index is 14.8. The van der Waals surface area contributed by atoms with Crippen LogP contribution in [0.1, 0.15) is 46.4 Å². The number of aliphatic hydroxyl groups excluding tert-OH is 1. The zero-order chi connectivity index (χ0) is 41.0. The van der Waals surface area contributed by atoms with E-state index in [4.69, 9.17) is 52.3 Å². The highest BCUT2D eigenvalue weighted by Crippen LogP contribution is 2.44. The van der Waals surface area contributed by atoms with E-state index in [1.165, 1.54) is 6.20 Å². The predicted octanol–water partition coefficient (Wildman–Crippen LogP) is 9.07. The first kappa shape index (κ1) is 42.0. The van der Waals surface area contributed by atoms with Gasteiger partial charge in [0.2, 0.25) is 5.60 Å². The molecule has 2 heterocycles. The lowest BCUT2D eigenvalue weighted by Crippen LogP contribution is -2.69. The van der Waals surface area contributed by atoms with Crippen molar-refractivity contribution in [2.24, 2.45) is 0 Å². The molecule has 1 fully saturated rings. The Labute approximate surface area is 354 Å². The Kier molecular flexibility index (Phi) is 14.4. The molecule has 1 aliphatic heterocycles. The Balaban J connectivity index is 1.35. The summed E-state index contributed by atoms with van der Waals surface area (Å²) >= 11 is 12.4. The second kappa shape index (κ2) is 20.2. The number of hydrogen-bond acceptors (Lipinski definition) is 9. The summed E-state index contributed by atoms with van der Waals surface area (Å²) in [5.74, 6) is -0.150. The first-order valence-corrected chi connectivity index (χ1v) is 20.3. The molecule has 0 saturated carbocycles. The quantitative estimate of drug-likeness (QED) is 0.0904. The van der Waals surface area contributed by atoms with E-state index < -0.39 is 42.6 Å². The van der Waals surface area contributed by atoms with E-state index in [2.05, 4.69) is 0 Å². The Morgan fingerprint density at radius 3 is 1.88 bits per heavy atom. The maximum Gasteiger partial charge on any atom is 0.369 e. The molecule has 1 unspecified atom stereocenters. The molecule has 1 saturated heterocycles. The number of hydrogen-bond donors (Lipinski definition) is 1. The Morgan fingerprint density at radius 2 is 1.31 bits per heavy atom. The zero-order valence-electron chi connectivity index (χ0n) is 32.6. The van der Waals surface area contributed by atoms with Gasteiger partial charge in [-0.1, -0.05) is 145 Å². The van der Waals surface area contributed by atoms with E-state index in [1.54, 1.807) is 24.3 Å². The van der Waals surface area contributed by atoms with Crippen molar-refractivity contribution in [3.63, 3.8) is 0 Å². The van der Waals surface area contributed by atoms with Gasteiger partial charge in [0.1, 0.15) is 34.8 Å². The first-order chi connectivity index (χ1) is 28.9. The highest BCUT2D eigenvalue weighted by Gasteiger charge is 2.62. The Hall–Kier alpha value is -5.17. The summed E-state index contributed by atoms with van der Waals surface area (Å²) < 4.78 is 34.5. The molecule has 0 spiro atoms. The van der Waals surface area contributed by atoms with Crippen molar-refractivity contribution in [1.29, 1.82) is 0 Å². The molecular formula is C48H46ClNO8S.